The molecular weight excluding hydrogens is 244 g/mol. The molecule has 0 heterocycles. The molecule has 3 aliphatic carbocycles. The fourth-order valence-electron chi connectivity index (χ4n) is 4.39. The monoisotopic (exact) mass is 278 g/mol. The molecule has 3 fully saturated rings. The second-order valence-electron chi connectivity index (χ2n) is 8.19. The molecule has 20 heavy (non-hydrogen) atoms. The van der Waals surface area contributed by atoms with Gasteiger partial charge in [0, 0.05) is 24.7 Å². The summed E-state index contributed by atoms with van der Waals surface area (Å²) in [6.07, 6.45) is 12.8. The van der Waals surface area contributed by atoms with E-state index < -0.39 is 0 Å². The SMILES string of the molecule is CC(C)C1CCCC(CN)(N(CC2CC2)C2CC2)CC1. The highest BCUT2D eigenvalue weighted by Gasteiger charge is 2.46. The smallest absolute Gasteiger partial charge is 0.0334 e. The number of nitrogens with zero attached hydrogens (tertiary/aromatic N) is 1. The van der Waals surface area contributed by atoms with Gasteiger partial charge in [-0.2, -0.15) is 0 Å². The van der Waals surface area contributed by atoms with Crippen LogP contribution >= 0.6 is 0 Å². The Morgan fingerprint density at radius 2 is 1.80 bits per heavy atom. The molecule has 3 aliphatic rings. The predicted molar refractivity (Wildman–Crippen MR) is 85.7 cm³/mol. The van der Waals surface area contributed by atoms with E-state index in [9.17, 15) is 0 Å². The van der Waals surface area contributed by atoms with Gasteiger partial charge < -0.3 is 5.73 Å². The summed E-state index contributed by atoms with van der Waals surface area (Å²) in [6, 6.07) is 0.884. The second-order valence-corrected chi connectivity index (χ2v) is 8.19. The van der Waals surface area contributed by atoms with Gasteiger partial charge in [-0.1, -0.05) is 26.7 Å². The van der Waals surface area contributed by atoms with Gasteiger partial charge in [-0.25, -0.2) is 0 Å². The first kappa shape index (κ1) is 14.8. The Morgan fingerprint density at radius 1 is 1.05 bits per heavy atom. The van der Waals surface area contributed by atoms with Crippen LogP contribution in [0.25, 0.3) is 0 Å². The minimum absolute atomic E-state index is 0.355. The van der Waals surface area contributed by atoms with E-state index in [0.29, 0.717) is 5.54 Å². The predicted octanol–water partition coefficient (Wildman–Crippen LogP) is 3.79. The summed E-state index contributed by atoms with van der Waals surface area (Å²) in [4.78, 5) is 2.90. The van der Waals surface area contributed by atoms with Gasteiger partial charge in [0.05, 0.1) is 0 Å². The third-order valence-electron chi connectivity index (χ3n) is 6.27. The zero-order valence-corrected chi connectivity index (χ0v) is 13.6. The zero-order chi connectivity index (χ0) is 14.2. The van der Waals surface area contributed by atoms with Crippen LogP contribution in [-0.2, 0) is 0 Å². The maximum atomic E-state index is 6.35. The van der Waals surface area contributed by atoms with Crippen LogP contribution in [-0.4, -0.2) is 29.6 Å². The van der Waals surface area contributed by atoms with Crippen LogP contribution in [0.15, 0.2) is 0 Å². The molecule has 2 atom stereocenters. The largest absolute Gasteiger partial charge is 0.329 e. The summed E-state index contributed by atoms with van der Waals surface area (Å²) in [6.45, 7) is 7.06. The first-order valence-corrected chi connectivity index (χ1v) is 9.11. The van der Waals surface area contributed by atoms with Crippen molar-refractivity contribution >= 4 is 0 Å². The normalized spacial score (nSPS) is 35.5. The highest BCUT2D eigenvalue weighted by atomic mass is 15.3. The molecule has 0 saturated heterocycles. The van der Waals surface area contributed by atoms with Crippen molar-refractivity contribution in [1.29, 1.82) is 0 Å². The van der Waals surface area contributed by atoms with Crippen LogP contribution in [0.1, 0.15) is 71.6 Å². The first-order valence-electron chi connectivity index (χ1n) is 9.11. The minimum atomic E-state index is 0.355. The van der Waals surface area contributed by atoms with Crippen molar-refractivity contribution in [3.63, 3.8) is 0 Å². The molecular formula is C18H34N2. The van der Waals surface area contributed by atoms with Crippen LogP contribution in [0.4, 0.5) is 0 Å². The van der Waals surface area contributed by atoms with Crippen molar-refractivity contribution in [1.82, 2.24) is 4.90 Å². The lowest BCUT2D eigenvalue weighted by Crippen LogP contribution is -2.55. The molecule has 0 spiro atoms. The Kier molecular flexibility index (Phi) is 4.42. The highest BCUT2D eigenvalue weighted by molar-refractivity contribution is 5.02. The summed E-state index contributed by atoms with van der Waals surface area (Å²) >= 11 is 0. The van der Waals surface area contributed by atoms with E-state index >= 15 is 0 Å². The third kappa shape index (κ3) is 3.22. The molecule has 2 unspecified atom stereocenters. The number of hydrogen-bond donors (Lipinski definition) is 1. The van der Waals surface area contributed by atoms with E-state index in [0.717, 1.165) is 30.3 Å². The lowest BCUT2D eigenvalue weighted by molar-refractivity contribution is 0.0626. The summed E-state index contributed by atoms with van der Waals surface area (Å²) in [7, 11) is 0. The molecule has 2 N–H and O–H groups in total. The zero-order valence-electron chi connectivity index (χ0n) is 13.6. The molecule has 0 aromatic rings. The molecule has 0 aromatic carbocycles. The van der Waals surface area contributed by atoms with Gasteiger partial charge in [0.15, 0.2) is 0 Å². The van der Waals surface area contributed by atoms with E-state index in [1.54, 1.807) is 0 Å². The number of hydrogen-bond acceptors (Lipinski definition) is 2. The summed E-state index contributed by atoms with van der Waals surface area (Å²) in [5.74, 6) is 2.79. The van der Waals surface area contributed by atoms with Crippen molar-refractivity contribution in [2.45, 2.75) is 83.2 Å². The van der Waals surface area contributed by atoms with Crippen LogP contribution < -0.4 is 5.73 Å². The quantitative estimate of drug-likeness (QED) is 0.749. The molecule has 3 saturated carbocycles. The Balaban J connectivity index is 1.70. The molecule has 0 aromatic heterocycles. The second kappa shape index (κ2) is 5.96. The van der Waals surface area contributed by atoms with Crippen molar-refractivity contribution < 1.29 is 0 Å². The molecule has 3 rings (SSSR count). The Morgan fingerprint density at radius 3 is 2.35 bits per heavy atom. The van der Waals surface area contributed by atoms with E-state index in [-0.39, 0.29) is 0 Å². The maximum Gasteiger partial charge on any atom is 0.0334 e. The van der Waals surface area contributed by atoms with Gasteiger partial charge in [-0.3, -0.25) is 4.90 Å². The van der Waals surface area contributed by atoms with E-state index in [1.165, 1.54) is 64.3 Å². The average molecular weight is 278 g/mol. The minimum Gasteiger partial charge on any atom is -0.329 e. The van der Waals surface area contributed by atoms with Gasteiger partial charge in [0.1, 0.15) is 0 Å². The van der Waals surface area contributed by atoms with Gasteiger partial charge in [0.2, 0.25) is 0 Å². The van der Waals surface area contributed by atoms with Crippen LogP contribution in [0.2, 0.25) is 0 Å². The van der Waals surface area contributed by atoms with Crippen molar-refractivity contribution in [3.8, 4) is 0 Å². The molecule has 0 radical (unpaired) electrons. The van der Waals surface area contributed by atoms with Crippen LogP contribution in [0.5, 0.6) is 0 Å². The lowest BCUT2D eigenvalue weighted by Gasteiger charge is -2.44. The van der Waals surface area contributed by atoms with Crippen LogP contribution in [0.3, 0.4) is 0 Å². The lowest BCUT2D eigenvalue weighted by atomic mass is 9.85. The Bertz CT molecular complexity index is 319. The van der Waals surface area contributed by atoms with Crippen LogP contribution in [0, 0.1) is 17.8 Å². The molecule has 116 valence electrons. The standard InChI is InChI=1S/C18H34N2/c1-14(2)16-4-3-10-18(13-19,11-9-16)20(17-7-8-17)12-15-5-6-15/h14-17H,3-13,19H2,1-2H3. The molecule has 0 amide bonds. The van der Waals surface area contributed by atoms with Crippen molar-refractivity contribution in [2.24, 2.45) is 23.5 Å². The third-order valence-corrected chi connectivity index (χ3v) is 6.27. The molecule has 2 heteroatoms. The Labute approximate surface area is 125 Å². The molecule has 2 nitrogen and oxygen atoms in total. The molecule has 0 bridgehead atoms. The van der Waals surface area contributed by atoms with E-state index in [1.807, 2.05) is 0 Å². The Hall–Kier alpha value is -0.0800. The van der Waals surface area contributed by atoms with E-state index in [4.69, 9.17) is 5.73 Å². The highest BCUT2D eigenvalue weighted by Crippen LogP contribution is 2.44. The van der Waals surface area contributed by atoms with Crippen molar-refractivity contribution in [2.75, 3.05) is 13.1 Å². The van der Waals surface area contributed by atoms with E-state index in [2.05, 4.69) is 18.7 Å². The fourth-order valence-corrected chi connectivity index (χ4v) is 4.39. The summed E-state index contributed by atoms with van der Waals surface area (Å²) in [5.41, 5.74) is 6.70. The van der Waals surface area contributed by atoms with Gasteiger partial charge in [-0.15, -0.1) is 0 Å². The van der Waals surface area contributed by atoms with Gasteiger partial charge in [-0.05, 0) is 62.7 Å². The average Bonchev–Trinajstić information content (AvgIpc) is 3.31. The number of rotatable bonds is 6. The van der Waals surface area contributed by atoms with Crippen molar-refractivity contribution in [3.05, 3.63) is 0 Å². The molecule has 0 aliphatic heterocycles. The summed E-state index contributed by atoms with van der Waals surface area (Å²) < 4.78 is 0. The fraction of sp³-hybridized carbons (Fsp3) is 1.00. The first-order chi connectivity index (χ1) is 9.64. The van der Waals surface area contributed by atoms with Gasteiger partial charge >= 0.3 is 0 Å². The maximum absolute atomic E-state index is 6.35. The topological polar surface area (TPSA) is 29.3 Å². The summed E-state index contributed by atoms with van der Waals surface area (Å²) in [5, 5.41) is 0. The van der Waals surface area contributed by atoms with Gasteiger partial charge in [0.25, 0.3) is 0 Å². The number of nitrogens with two attached hydrogens (primary N) is 1.